The Balaban J connectivity index is 1.56. The molecule has 0 saturated heterocycles. The zero-order valence-corrected chi connectivity index (χ0v) is 16.4. The van der Waals surface area contributed by atoms with Gasteiger partial charge in [0, 0.05) is 20.8 Å². The minimum atomic E-state index is -0.0366. The highest BCUT2D eigenvalue weighted by atomic mass is 79.9. The van der Waals surface area contributed by atoms with E-state index in [-0.39, 0.29) is 5.78 Å². The van der Waals surface area contributed by atoms with Crippen LogP contribution in [-0.2, 0) is 0 Å². The van der Waals surface area contributed by atoms with Crippen LogP contribution in [0.3, 0.4) is 0 Å². The third-order valence-corrected chi connectivity index (χ3v) is 5.45. The van der Waals surface area contributed by atoms with E-state index in [2.05, 4.69) is 28.1 Å². The summed E-state index contributed by atoms with van der Waals surface area (Å²) >= 11 is 3.50. The molecule has 3 heteroatoms. The van der Waals surface area contributed by atoms with Crippen molar-refractivity contribution in [1.82, 2.24) is 0 Å². The largest absolute Gasteiger partial charge is 0.455 e. The molecule has 28 heavy (non-hydrogen) atoms. The van der Waals surface area contributed by atoms with E-state index in [1.54, 1.807) is 0 Å². The normalized spacial score (nSPS) is 11.2. The van der Waals surface area contributed by atoms with Crippen molar-refractivity contribution in [2.24, 2.45) is 0 Å². The van der Waals surface area contributed by atoms with Crippen LogP contribution >= 0.6 is 15.9 Å². The van der Waals surface area contributed by atoms with Gasteiger partial charge in [-0.2, -0.15) is 0 Å². The number of carbonyl (C=O) groups is 1. The minimum absolute atomic E-state index is 0.0366. The van der Waals surface area contributed by atoms with E-state index in [4.69, 9.17) is 4.42 Å². The van der Waals surface area contributed by atoms with Crippen molar-refractivity contribution < 1.29 is 9.21 Å². The molecule has 0 aliphatic carbocycles. The van der Waals surface area contributed by atoms with Crippen molar-refractivity contribution >= 4 is 43.7 Å². The number of para-hydroxylation sites is 2. The van der Waals surface area contributed by atoms with Crippen LogP contribution in [0.1, 0.15) is 15.9 Å². The van der Waals surface area contributed by atoms with Crippen LogP contribution in [0.25, 0.3) is 33.1 Å². The molecule has 0 N–H and O–H groups in total. The third kappa shape index (κ3) is 2.85. The lowest BCUT2D eigenvalue weighted by atomic mass is 9.98. The second-order valence-electron chi connectivity index (χ2n) is 6.70. The molecule has 0 unspecified atom stereocenters. The van der Waals surface area contributed by atoms with Gasteiger partial charge in [0.15, 0.2) is 5.78 Å². The molecule has 0 fully saturated rings. The van der Waals surface area contributed by atoms with Crippen molar-refractivity contribution in [3.8, 4) is 11.1 Å². The van der Waals surface area contributed by atoms with Gasteiger partial charge in [0.05, 0.1) is 5.56 Å². The Hall–Kier alpha value is -3.17. The number of rotatable bonds is 3. The van der Waals surface area contributed by atoms with Gasteiger partial charge in [-0.3, -0.25) is 4.79 Å². The summed E-state index contributed by atoms with van der Waals surface area (Å²) in [6.45, 7) is 0. The summed E-state index contributed by atoms with van der Waals surface area (Å²) in [4.78, 5) is 13.2. The van der Waals surface area contributed by atoms with Gasteiger partial charge >= 0.3 is 0 Å². The predicted octanol–water partition coefficient (Wildman–Crippen LogP) is 7.25. The van der Waals surface area contributed by atoms with Crippen molar-refractivity contribution in [3.05, 3.63) is 107 Å². The summed E-state index contributed by atoms with van der Waals surface area (Å²) in [7, 11) is 0. The molecular formula is C25H15BrO2. The summed E-state index contributed by atoms with van der Waals surface area (Å²) in [5.41, 5.74) is 4.84. The van der Waals surface area contributed by atoms with E-state index in [0.717, 1.165) is 32.0 Å². The molecule has 0 spiro atoms. The van der Waals surface area contributed by atoms with Crippen molar-refractivity contribution in [2.75, 3.05) is 0 Å². The number of ketones is 1. The highest BCUT2D eigenvalue weighted by Crippen LogP contribution is 2.32. The first kappa shape index (κ1) is 17.0. The van der Waals surface area contributed by atoms with Gasteiger partial charge in [-0.25, -0.2) is 0 Å². The molecule has 0 aliphatic rings. The molecule has 0 radical (unpaired) electrons. The molecule has 1 heterocycles. The maximum atomic E-state index is 13.2. The first-order chi connectivity index (χ1) is 13.7. The van der Waals surface area contributed by atoms with Crippen LogP contribution in [0.15, 0.2) is 99.9 Å². The fraction of sp³-hybridized carbons (Fsp3) is 0. The molecule has 0 atom stereocenters. The SMILES string of the molecule is O=C(c1ccc(-c2cccc(Br)c2)cc1)c1cccc2c1oc1ccccc12. The zero-order valence-electron chi connectivity index (χ0n) is 14.9. The Labute approximate surface area is 170 Å². The quantitative estimate of drug-likeness (QED) is 0.284. The van der Waals surface area contributed by atoms with Crippen LogP contribution in [0.2, 0.25) is 0 Å². The molecule has 0 amide bonds. The lowest BCUT2D eigenvalue weighted by Crippen LogP contribution is -2.01. The maximum absolute atomic E-state index is 13.2. The number of halogens is 1. The first-order valence-electron chi connectivity index (χ1n) is 9.02. The van der Waals surface area contributed by atoms with Crippen LogP contribution in [0, 0.1) is 0 Å². The van der Waals surface area contributed by atoms with E-state index in [1.807, 2.05) is 78.9 Å². The highest BCUT2D eigenvalue weighted by Gasteiger charge is 2.17. The fourth-order valence-electron chi connectivity index (χ4n) is 3.56. The second-order valence-corrected chi connectivity index (χ2v) is 7.61. The first-order valence-corrected chi connectivity index (χ1v) is 9.81. The maximum Gasteiger partial charge on any atom is 0.196 e. The average molecular weight is 427 g/mol. The Bertz CT molecular complexity index is 1330. The van der Waals surface area contributed by atoms with Crippen LogP contribution in [-0.4, -0.2) is 5.78 Å². The van der Waals surface area contributed by atoms with Gasteiger partial charge in [-0.15, -0.1) is 0 Å². The van der Waals surface area contributed by atoms with Gasteiger partial charge < -0.3 is 4.42 Å². The standard InChI is InChI=1S/C25H15BrO2/c26-19-6-3-5-18(15-19)16-11-13-17(14-12-16)24(27)22-9-4-8-21-20-7-1-2-10-23(20)28-25(21)22/h1-15H. The number of benzene rings is 4. The number of hydrogen-bond donors (Lipinski definition) is 0. The van der Waals surface area contributed by atoms with Crippen LogP contribution in [0.5, 0.6) is 0 Å². The summed E-state index contributed by atoms with van der Waals surface area (Å²) < 4.78 is 7.04. The molecular weight excluding hydrogens is 412 g/mol. The zero-order chi connectivity index (χ0) is 19.1. The number of carbonyl (C=O) groups excluding carboxylic acids is 1. The van der Waals surface area contributed by atoms with E-state index >= 15 is 0 Å². The summed E-state index contributed by atoms with van der Waals surface area (Å²) in [6, 6.07) is 29.4. The number of furan rings is 1. The molecule has 4 aromatic carbocycles. The molecule has 0 bridgehead atoms. The number of fused-ring (bicyclic) bond motifs is 3. The van der Waals surface area contributed by atoms with E-state index < -0.39 is 0 Å². The van der Waals surface area contributed by atoms with Gasteiger partial charge in [-0.1, -0.05) is 82.7 Å². The number of hydrogen-bond acceptors (Lipinski definition) is 2. The van der Waals surface area contributed by atoms with E-state index in [0.29, 0.717) is 16.7 Å². The Morgan fingerprint density at radius 3 is 2.29 bits per heavy atom. The van der Waals surface area contributed by atoms with E-state index in [9.17, 15) is 4.79 Å². The summed E-state index contributed by atoms with van der Waals surface area (Å²) in [5, 5.41) is 1.99. The van der Waals surface area contributed by atoms with Crippen LogP contribution in [0.4, 0.5) is 0 Å². The van der Waals surface area contributed by atoms with Crippen molar-refractivity contribution in [2.45, 2.75) is 0 Å². The molecule has 2 nitrogen and oxygen atoms in total. The fourth-order valence-corrected chi connectivity index (χ4v) is 3.96. The van der Waals surface area contributed by atoms with Gasteiger partial charge in [0.2, 0.25) is 0 Å². The topological polar surface area (TPSA) is 30.2 Å². The van der Waals surface area contributed by atoms with E-state index in [1.165, 1.54) is 0 Å². The third-order valence-electron chi connectivity index (χ3n) is 4.95. The summed E-state index contributed by atoms with van der Waals surface area (Å²) in [6.07, 6.45) is 0. The lowest BCUT2D eigenvalue weighted by Gasteiger charge is -2.05. The van der Waals surface area contributed by atoms with Gasteiger partial charge in [0.1, 0.15) is 11.2 Å². The van der Waals surface area contributed by atoms with Crippen molar-refractivity contribution in [3.63, 3.8) is 0 Å². The van der Waals surface area contributed by atoms with Crippen LogP contribution < -0.4 is 0 Å². The Morgan fingerprint density at radius 1 is 0.714 bits per heavy atom. The molecule has 5 rings (SSSR count). The highest BCUT2D eigenvalue weighted by molar-refractivity contribution is 9.10. The molecule has 5 aromatic rings. The second kappa shape index (κ2) is 6.77. The lowest BCUT2D eigenvalue weighted by molar-refractivity contribution is 0.103. The van der Waals surface area contributed by atoms with Gasteiger partial charge in [0.25, 0.3) is 0 Å². The van der Waals surface area contributed by atoms with Crippen molar-refractivity contribution in [1.29, 1.82) is 0 Å². The molecule has 0 saturated carbocycles. The monoisotopic (exact) mass is 426 g/mol. The predicted molar refractivity (Wildman–Crippen MR) is 117 cm³/mol. The summed E-state index contributed by atoms with van der Waals surface area (Å²) in [5.74, 6) is -0.0366. The minimum Gasteiger partial charge on any atom is -0.455 e. The smallest absolute Gasteiger partial charge is 0.196 e. The van der Waals surface area contributed by atoms with Gasteiger partial charge in [-0.05, 0) is 35.4 Å². The molecule has 1 aromatic heterocycles. The Morgan fingerprint density at radius 2 is 1.46 bits per heavy atom. The molecule has 0 aliphatic heterocycles. The average Bonchev–Trinajstić information content (AvgIpc) is 3.12. The Kier molecular flexibility index (Phi) is 4.10. The molecule has 134 valence electrons.